The first-order chi connectivity index (χ1) is 8.60. The molecular weight excluding hydrogens is 260 g/mol. The van der Waals surface area contributed by atoms with Crippen LogP contribution >= 0.6 is 11.6 Å². The van der Waals surface area contributed by atoms with E-state index in [2.05, 4.69) is 9.97 Å². The van der Waals surface area contributed by atoms with Crippen molar-refractivity contribution in [1.29, 1.82) is 0 Å². The summed E-state index contributed by atoms with van der Waals surface area (Å²) in [6.45, 7) is 0.331. The first-order valence-corrected chi connectivity index (χ1v) is 5.59. The van der Waals surface area contributed by atoms with E-state index in [1.165, 1.54) is 18.3 Å². The van der Waals surface area contributed by atoms with Gasteiger partial charge >= 0.3 is 0 Å². The van der Waals surface area contributed by atoms with Gasteiger partial charge in [0.2, 0.25) is 0 Å². The predicted octanol–water partition coefficient (Wildman–Crippen LogP) is 3.19. The zero-order chi connectivity index (χ0) is 13.1. The van der Waals surface area contributed by atoms with Gasteiger partial charge in [0, 0.05) is 18.3 Å². The minimum absolute atomic E-state index is 0.264. The maximum Gasteiger partial charge on any atom is 0.280 e. The fourth-order valence-corrected chi connectivity index (χ4v) is 1.73. The lowest BCUT2D eigenvalue weighted by Gasteiger charge is -2.05. The molecule has 6 heteroatoms. The Balaban J connectivity index is 2.39. The second kappa shape index (κ2) is 5.37. The highest BCUT2D eigenvalue weighted by Gasteiger charge is 2.09. The Labute approximate surface area is 108 Å². The van der Waals surface area contributed by atoms with Gasteiger partial charge in [-0.2, -0.15) is 0 Å². The molecule has 2 aromatic rings. The van der Waals surface area contributed by atoms with Crippen LogP contribution in [0, 0.1) is 0 Å². The van der Waals surface area contributed by atoms with Crippen LogP contribution in [0.1, 0.15) is 17.7 Å². The smallest absolute Gasteiger partial charge is 0.280 e. The Bertz CT molecular complexity index is 544. The van der Waals surface area contributed by atoms with E-state index in [0.29, 0.717) is 23.0 Å². The summed E-state index contributed by atoms with van der Waals surface area (Å²) in [6, 6.07) is 6.22. The maximum absolute atomic E-state index is 12.4. The average molecular weight is 270 g/mol. The topological polar surface area (TPSA) is 51.8 Å². The van der Waals surface area contributed by atoms with Crippen LogP contribution in [-0.4, -0.2) is 9.97 Å². The molecule has 0 spiro atoms. The van der Waals surface area contributed by atoms with Crippen molar-refractivity contribution in [2.45, 2.75) is 13.0 Å². The van der Waals surface area contributed by atoms with Crippen molar-refractivity contribution in [3.8, 4) is 11.3 Å². The molecule has 3 nitrogen and oxygen atoms in total. The molecule has 0 atom stereocenters. The molecule has 0 aliphatic rings. The first-order valence-electron chi connectivity index (χ1n) is 5.21. The summed E-state index contributed by atoms with van der Waals surface area (Å²) in [5.41, 5.74) is 7.27. The highest BCUT2D eigenvalue weighted by molar-refractivity contribution is 6.29. The van der Waals surface area contributed by atoms with Crippen molar-refractivity contribution in [2.75, 3.05) is 0 Å². The van der Waals surface area contributed by atoms with E-state index in [1.807, 2.05) is 0 Å². The number of halogens is 3. The molecule has 2 heterocycles. The fourth-order valence-electron chi connectivity index (χ4n) is 1.50. The van der Waals surface area contributed by atoms with Crippen LogP contribution in [0.25, 0.3) is 11.3 Å². The average Bonchev–Trinajstić information content (AvgIpc) is 2.38. The van der Waals surface area contributed by atoms with Crippen LogP contribution in [-0.2, 0) is 6.54 Å². The summed E-state index contributed by atoms with van der Waals surface area (Å²) in [7, 11) is 0. The molecule has 0 aromatic carbocycles. The van der Waals surface area contributed by atoms with Gasteiger partial charge in [0.05, 0.1) is 5.69 Å². The molecule has 2 N–H and O–H groups in total. The van der Waals surface area contributed by atoms with E-state index < -0.39 is 6.43 Å². The minimum atomic E-state index is -2.58. The monoisotopic (exact) mass is 269 g/mol. The molecule has 2 rings (SSSR count). The Morgan fingerprint density at radius 2 is 2.06 bits per heavy atom. The van der Waals surface area contributed by atoms with Gasteiger partial charge in [0.25, 0.3) is 6.43 Å². The number of hydrogen-bond acceptors (Lipinski definition) is 3. The third-order valence-corrected chi connectivity index (χ3v) is 2.59. The van der Waals surface area contributed by atoms with Crippen LogP contribution in [0.2, 0.25) is 5.15 Å². The number of nitrogens with zero attached hydrogens (tertiary/aromatic N) is 2. The predicted molar refractivity (Wildman–Crippen MR) is 65.3 cm³/mol. The van der Waals surface area contributed by atoms with E-state index >= 15 is 0 Å². The lowest BCUT2D eigenvalue weighted by atomic mass is 10.1. The lowest BCUT2D eigenvalue weighted by Crippen LogP contribution is -1.98. The van der Waals surface area contributed by atoms with E-state index in [9.17, 15) is 8.78 Å². The number of nitrogens with two attached hydrogens (primary N) is 1. The van der Waals surface area contributed by atoms with Gasteiger partial charge in [0.1, 0.15) is 10.8 Å². The molecule has 0 aliphatic heterocycles. The molecule has 0 fully saturated rings. The van der Waals surface area contributed by atoms with Gasteiger partial charge in [-0.15, -0.1) is 0 Å². The molecule has 0 radical (unpaired) electrons. The van der Waals surface area contributed by atoms with E-state index in [4.69, 9.17) is 17.3 Å². The molecule has 2 aromatic heterocycles. The van der Waals surface area contributed by atoms with E-state index in [1.54, 1.807) is 12.1 Å². The quantitative estimate of drug-likeness (QED) is 0.871. The van der Waals surface area contributed by atoms with Crippen LogP contribution in [0.4, 0.5) is 8.78 Å². The van der Waals surface area contributed by atoms with Crippen molar-refractivity contribution in [2.24, 2.45) is 5.73 Å². The number of alkyl halides is 2. The number of pyridine rings is 2. The maximum atomic E-state index is 12.4. The number of aromatic nitrogens is 2. The summed E-state index contributed by atoms with van der Waals surface area (Å²) < 4.78 is 24.7. The van der Waals surface area contributed by atoms with Gasteiger partial charge in [-0.3, -0.25) is 4.98 Å². The fraction of sp³-hybridized carbons (Fsp3) is 0.167. The van der Waals surface area contributed by atoms with Crippen LogP contribution < -0.4 is 5.73 Å². The highest BCUT2D eigenvalue weighted by Crippen LogP contribution is 2.23. The molecule has 0 bridgehead atoms. The van der Waals surface area contributed by atoms with Gasteiger partial charge in [-0.05, 0) is 29.8 Å². The number of hydrogen-bond donors (Lipinski definition) is 1. The Morgan fingerprint density at radius 1 is 1.28 bits per heavy atom. The Kier molecular flexibility index (Phi) is 3.84. The normalized spacial score (nSPS) is 10.9. The lowest BCUT2D eigenvalue weighted by molar-refractivity contribution is 0.146. The van der Waals surface area contributed by atoms with Crippen LogP contribution in [0.15, 0.2) is 30.5 Å². The van der Waals surface area contributed by atoms with Crippen molar-refractivity contribution in [1.82, 2.24) is 9.97 Å². The Morgan fingerprint density at radius 3 is 2.61 bits per heavy atom. The molecule has 0 unspecified atom stereocenters. The number of rotatable bonds is 3. The third-order valence-electron chi connectivity index (χ3n) is 2.40. The highest BCUT2D eigenvalue weighted by atomic mass is 35.5. The van der Waals surface area contributed by atoms with Crippen LogP contribution in [0.3, 0.4) is 0 Å². The minimum Gasteiger partial charge on any atom is -0.326 e. The van der Waals surface area contributed by atoms with Gasteiger partial charge in [-0.25, -0.2) is 13.8 Å². The third kappa shape index (κ3) is 2.80. The zero-order valence-electron chi connectivity index (χ0n) is 9.28. The van der Waals surface area contributed by atoms with Gasteiger partial charge < -0.3 is 5.73 Å². The van der Waals surface area contributed by atoms with Gasteiger partial charge in [0.15, 0.2) is 0 Å². The summed E-state index contributed by atoms with van der Waals surface area (Å²) in [4.78, 5) is 7.78. The molecule has 0 saturated carbocycles. The summed E-state index contributed by atoms with van der Waals surface area (Å²) in [5.74, 6) is 0. The van der Waals surface area contributed by atoms with Crippen molar-refractivity contribution >= 4 is 11.6 Å². The summed E-state index contributed by atoms with van der Waals surface area (Å²) in [6.07, 6.45) is -1.23. The molecule has 94 valence electrons. The Hall–Kier alpha value is -1.59. The standard InChI is InChI=1S/C12H10ClF2N3/c13-11-4-7(5-16)3-10(18-11)8-1-2-9(12(14)15)17-6-8/h1-4,6,12H,5,16H2. The van der Waals surface area contributed by atoms with E-state index in [-0.39, 0.29) is 5.69 Å². The first kappa shape index (κ1) is 12.9. The van der Waals surface area contributed by atoms with Crippen molar-refractivity contribution < 1.29 is 8.78 Å². The summed E-state index contributed by atoms with van der Waals surface area (Å²) >= 11 is 5.85. The zero-order valence-corrected chi connectivity index (χ0v) is 10.0. The van der Waals surface area contributed by atoms with Crippen molar-refractivity contribution in [3.63, 3.8) is 0 Å². The molecule has 0 aliphatic carbocycles. The molecule has 18 heavy (non-hydrogen) atoms. The molecule has 0 saturated heterocycles. The van der Waals surface area contributed by atoms with Crippen LogP contribution in [0.5, 0.6) is 0 Å². The largest absolute Gasteiger partial charge is 0.326 e. The molecule has 0 amide bonds. The second-order valence-electron chi connectivity index (χ2n) is 3.66. The SMILES string of the molecule is NCc1cc(Cl)nc(-c2ccc(C(F)F)nc2)c1. The molecular formula is C12H10ClF2N3. The van der Waals surface area contributed by atoms with Crippen molar-refractivity contribution in [3.05, 3.63) is 46.9 Å². The van der Waals surface area contributed by atoms with E-state index in [0.717, 1.165) is 5.56 Å². The van der Waals surface area contributed by atoms with Gasteiger partial charge in [-0.1, -0.05) is 11.6 Å². The second-order valence-corrected chi connectivity index (χ2v) is 4.05. The summed E-state index contributed by atoms with van der Waals surface area (Å²) in [5, 5.41) is 0.311.